The van der Waals surface area contributed by atoms with Gasteiger partial charge < -0.3 is 15.3 Å². The highest BCUT2D eigenvalue weighted by atomic mass is 16.3. The first-order valence-electron chi connectivity index (χ1n) is 7.75. The first-order chi connectivity index (χ1) is 8.65. The Morgan fingerprint density at radius 2 is 1.94 bits per heavy atom. The molecule has 106 valence electrons. The van der Waals surface area contributed by atoms with Gasteiger partial charge in [0.25, 0.3) is 0 Å². The first-order valence-corrected chi connectivity index (χ1v) is 7.75. The van der Waals surface area contributed by atoms with Crippen LogP contribution in [-0.2, 0) is 0 Å². The average molecular weight is 254 g/mol. The minimum Gasteiger partial charge on any atom is -0.393 e. The van der Waals surface area contributed by atoms with Gasteiger partial charge in [0.1, 0.15) is 0 Å². The summed E-state index contributed by atoms with van der Waals surface area (Å²) in [5.74, 6) is 1.61. The van der Waals surface area contributed by atoms with Crippen LogP contribution in [0.5, 0.6) is 0 Å². The average Bonchev–Trinajstić information content (AvgIpc) is 2.38. The maximum atomic E-state index is 9.51. The Morgan fingerprint density at radius 1 is 1.22 bits per heavy atom. The van der Waals surface area contributed by atoms with Crippen molar-refractivity contribution in [1.82, 2.24) is 10.2 Å². The van der Waals surface area contributed by atoms with Crippen molar-refractivity contribution in [3.8, 4) is 0 Å². The number of aliphatic hydroxyl groups is 1. The second-order valence-corrected chi connectivity index (χ2v) is 6.54. The van der Waals surface area contributed by atoms with E-state index >= 15 is 0 Å². The number of aliphatic hydroxyl groups excluding tert-OH is 1. The molecule has 0 spiro atoms. The summed E-state index contributed by atoms with van der Waals surface area (Å²) in [7, 11) is 2.24. The molecule has 0 radical (unpaired) electrons. The third kappa shape index (κ3) is 4.22. The van der Waals surface area contributed by atoms with Crippen LogP contribution in [0.25, 0.3) is 0 Å². The molecule has 2 atom stereocenters. The summed E-state index contributed by atoms with van der Waals surface area (Å²) in [5, 5.41) is 13.3. The Kier molecular flexibility index (Phi) is 5.46. The molecule has 1 saturated carbocycles. The standard InChI is InChI=1S/C15H30N2O/c1-12(14-4-3-9-17(2)11-14)16-10-13-5-7-15(18)8-6-13/h12-16,18H,3-11H2,1-2H3. The number of piperidine rings is 1. The number of nitrogens with zero attached hydrogens (tertiary/aromatic N) is 1. The zero-order chi connectivity index (χ0) is 13.0. The smallest absolute Gasteiger partial charge is 0.0540 e. The van der Waals surface area contributed by atoms with Crippen LogP contribution in [-0.4, -0.2) is 48.8 Å². The molecule has 0 aromatic carbocycles. The van der Waals surface area contributed by atoms with Gasteiger partial charge in [-0.15, -0.1) is 0 Å². The van der Waals surface area contributed by atoms with Crippen LogP contribution in [0.4, 0.5) is 0 Å². The molecule has 2 fully saturated rings. The van der Waals surface area contributed by atoms with Gasteiger partial charge in [-0.25, -0.2) is 0 Å². The molecule has 1 aliphatic carbocycles. The molecule has 0 bridgehead atoms. The monoisotopic (exact) mass is 254 g/mol. The maximum absolute atomic E-state index is 9.51. The molecule has 3 nitrogen and oxygen atoms in total. The van der Waals surface area contributed by atoms with Gasteiger partial charge in [0.05, 0.1) is 6.10 Å². The molecule has 2 N–H and O–H groups in total. The predicted molar refractivity (Wildman–Crippen MR) is 75.7 cm³/mol. The van der Waals surface area contributed by atoms with Crippen molar-refractivity contribution >= 4 is 0 Å². The van der Waals surface area contributed by atoms with Crippen molar-refractivity contribution in [2.45, 2.75) is 57.6 Å². The van der Waals surface area contributed by atoms with Gasteiger partial charge in [-0.3, -0.25) is 0 Å². The van der Waals surface area contributed by atoms with E-state index in [9.17, 15) is 5.11 Å². The summed E-state index contributed by atoms with van der Waals surface area (Å²) in [5.41, 5.74) is 0. The lowest BCUT2D eigenvalue weighted by molar-refractivity contribution is 0.105. The topological polar surface area (TPSA) is 35.5 Å². The quantitative estimate of drug-likeness (QED) is 0.804. The van der Waals surface area contributed by atoms with Gasteiger partial charge in [-0.2, -0.15) is 0 Å². The lowest BCUT2D eigenvalue weighted by Gasteiger charge is -2.35. The van der Waals surface area contributed by atoms with E-state index in [2.05, 4.69) is 24.2 Å². The van der Waals surface area contributed by atoms with E-state index in [1.165, 1.54) is 38.8 Å². The van der Waals surface area contributed by atoms with E-state index in [1.54, 1.807) is 0 Å². The molecule has 0 aromatic rings. The molecule has 2 rings (SSSR count). The number of hydrogen-bond donors (Lipinski definition) is 2. The van der Waals surface area contributed by atoms with Gasteiger partial charge in [-0.05, 0) is 77.4 Å². The molecular formula is C15H30N2O. The van der Waals surface area contributed by atoms with E-state index in [0.29, 0.717) is 6.04 Å². The van der Waals surface area contributed by atoms with Crippen LogP contribution in [0.2, 0.25) is 0 Å². The summed E-state index contributed by atoms with van der Waals surface area (Å²) in [6.07, 6.45) is 7.12. The lowest BCUT2D eigenvalue weighted by Crippen LogP contribution is -2.44. The molecule has 2 aliphatic rings. The molecule has 0 aromatic heterocycles. The SMILES string of the molecule is CC(NCC1CCC(O)CC1)C1CCCN(C)C1. The second-order valence-electron chi connectivity index (χ2n) is 6.54. The molecule has 1 heterocycles. The molecule has 18 heavy (non-hydrogen) atoms. The minimum absolute atomic E-state index is 0.0225. The van der Waals surface area contributed by atoms with Crippen LogP contribution in [0.1, 0.15) is 45.4 Å². The van der Waals surface area contributed by atoms with Crippen LogP contribution in [0.3, 0.4) is 0 Å². The number of hydrogen-bond acceptors (Lipinski definition) is 3. The Morgan fingerprint density at radius 3 is 2.61 bits per heavy atom. The van der Waals surface area contributed by atoms with E-state index < -0.39 is 0 Å². The summed E-state index contributed by atoms with van der Waals surface area (Å²) < 4.78 is 0. The molecular weight excluding hydrogens is 224 g/mol. The highest BCUT2D eigenvalue weighted by Crippen LogP contribution is 2.24. The maximum Gasteiger partial charge on any atom is 0.0540 e. The molecule has 0 amide bonds. The van der Waals surface area contributed by atoms with E-state index in [4.69, 9.17) is 0 Å². The Labute approximate surface area is 112 Å². The Balaban J connectivity index is 1.66. The van der Waals surface area contributed by atoms with Crippen molar-refractivity contribution < 1.29 is 5.11 Å². The van der Waals surface area contributed by atoms with Crippen molar-refractivity contribution in [1.29, 1.82) is 0 Å². The zero-order valence-electron chi connectivity index (χ0n) is 12.1. The second kappa shape index (κ2) is 6.88. The summed E-state index contributed by atoms with van der Waals surface area (Å²) in [6, 6.07) is 0.639. The van der Waals surface area contributed by atoms with Crippen LogP contribution >= 0.6 is 0 Å². The van der Waals surface area contributed by atoms with Gasteiger partial charge in [-0.1, -0.05) is 0 Å². The van der Waals surface area contributed by atoms with E-state index in [-0.39, 0.29) is 6.10 Å². The molecule has 1 aliphatic heterocycles. The molecule has 3 heteroatoms. The fraction of sp³-hybridized carbons (Fsp3) is 1.00. The van der Waals surface area contributed by atoms with Gasteiger partial charge in [0.2, 0.25) is 0 Å². The number of nitrogens with one attached hydrogen (secondary N) is 1. The summed E-state index contributed by atoms with van der Waals surface area (Å²) >= 11 is 0. The summed E-state index contributed by atoms with van der Waals surface area (Å²) in [6.45, 7) is 6.01. The van der Waals surface area contributed by atoms with Gasteiger partial charge in [0.15, 0.2) is 0 Å². The normalized spacial score (nSPS) is 36.5. The Bertz CT molecular complexity index is 239. The summed E-state index contributed by atoms with van der Waals surface area (Å²) in [4.78, 5) is 2.46. The molecule has 2 unspecified atom stereocenters. The van der Waals surface area contributed by atoms with Crippen LogP contribution in [0, 0.1) is 11.8 Å². The third-order valence-electron chi connectivity index (χ3n) is 4.91. The lowest BCUT2D eigenvalue weighted by atomic mass is 9.86. The van der Waals surface area contributed by atoms with Crippen molar-refractivity contribution in [2.24, 2.45) is 11.8 Å². The van der Waals surface area contributed by atoms with Crippen molar-refractivity contribution in [3.05, 3.63) is 0 Å². The third-order valence-corrected chi connectivity index (χ3v) is 4.91. The fourth-order valence-electron chi connectivity index (χ4n) is 3.48. The Hall–Kier alpha value is -0.120. The van der Waals surface area contributed by atoms with E-state index in [0.717, 1.165) is 31.2 Å². The van der Waals surface area contributed by atoms with E-state index in [1.807, 2.05) is 0 Å². The van der Waals surface area contributed by atoms with Gasteiger partial charge in [0, 0.05) is 12.6 Å². The van der Waals surface area contributed by atoms with Gasteiger partial charge >= 0.3 is 0 Å². The highest BCUT2D eigenvalue weighted by molar-refractivity contribution is 4.81. The molecule has 1 saturated heterocycles. The number of likely N-dealkylation sites (tertiary alicyclic amines) is 1. The van der Waals surface area contributed by atoms with Crippen molar-refractivity contribution in [2.75, 3.05) is 26.7 Å². The van der Waals surface area contributed by atoms with Crippen molar-refractivity contribution in [3.63, 3.8) is 0 Å². The first kappa shape index (κ1) is 14.3. The largest absolute Gasteiger partial charge is 0.393 e. The predicted octanol–water partition coefficient (Wildman–Crippen LogP) is 1.86. The van der Waals surface area contributed by atoms with Crippen LogP contribution < -0.4 is 5.32 Å². The fourth-order valence-corrected chi connectivity index (χ4v) is 3.48. The number of rotatable bonds is 4. The minimum atomic E-state index is -0.0225. The van der Waals surface area contributed by atoms with Crippen LogP contribution in [0.15, 0.2) is 0 Å². The zero-order valence-corrected chi connectivity index (χ0v) is 12.1. The highest BCUT2D eigenvalue weighted by Gasteiger charge is 2.24.